The smallest absolute Gasteiger partial charge is 0.261 e. The van der Waals surface area contributed by atoms with Crippen LogP contribution >= 0.6 is 11.3 Å². The predicted molar refractivity (Wildman–Crippen MR) is 109 cm³/mol. The van der Waals surface area contributed by atoms with Gasteiger partial charge in [-0.1, -0.05) is 36.4 Å². The molecule has 0 unspecified atom stereocenters. The predicted octanol–water partition coefficient (Wildman–Crippen LogP) is 4.30. The number of likely N-dealkylation sites (N-methyl/N-ethyl adjacent to an activating group) is 1. The summed E-state index contributed by atoms with van der Waals surface area (Å²) in [7, 11) is 3.51. The van der Waals surface area contributed by atoms with E-state index >= 15 is 0 Å². The maximum Gasteiger partial charge on any atom is 0.261 e. The third-order valence-corrected chi connectivity index (χ3v) is 6.17. The van der Waals surface area contributed by atoms with Crippen molar-refractivity contribution in [3.63, 3.8) is 0 Å². The van der Waals surface area contributed by atoms with Gasteiger partial charge in [-0.2, -0.15) is 0 Å². The molecule has 2 amide bonds. The highest BCUT2D eigenvalue weighted by Gasteiger charge is 2.39. The van der Waals surface area contributed by atoms with E-state index in [4.69, 9.17) is 0 Å². The number of nitrogens with zero attached hydrogens (tertiary/aromatic N) is 2. The number of aromatic nitrogens is 1. The van der Waals surface area contributed by atoms with Crippen LogP contribution < -0.4 is 0 Å². The van der Waals surface area contributed by atoms with Gasteiger partial charge in [0.15, 0.2) is 0 Å². The van der Waals surface area contributed by atoms with Gasteiger partial charge in [-0.05, 0) is 12.1 Å². The van der Waals surface area contributed by atoms with Crippen LogP contribution in [0.3, 0.4) is 0 Å². The van der Waals surface area contributed by atoms with E-state index in [-0.39, 0.29) is 11.8 Å². The van der Waals surface area contributed by atoms with Gasteiger partial charge in [0.05, 0.1) is 11.1 Å². The number of fused-ring (bicyclic) bond motifs is 2. The van der Waals surface area contributed by atoms with Gasteiger partial charge in [0, 0.05) is 57.8 Å². The summed E-state index contributed by atoms with van der Waals surface area (Å²) in [6, 6.07) is 15.9. The van der Waals surface area contributed by atoms with Crippen LogP contribution in [0.15, 0.2) is 60.1 Å². The summed E-state index contributed by atoms with van der Waals surface area (Å²) in [5.74, 6) is -0.492. The molecule has 4 aromatic rings. The fraction of sp³-hybridized carbons (Fsp3) is 0.0909. The summed E-state index contributed by atoms with van der Waals surface area (Å²) in [6.07, 6.45) is 1.94. The molecule has 3 heterocycles. The molecule has 0 fully saturated rings. The number of rotatable bonds is 2. The number of carbonyl (C=O) groups excluding carboxylic acids is 2. The zero-order valence-corrected chi connectivity index (χ0v) is 15.7. The van der Waals surface area contributed by atoms with Crippen LogP contribution in [0.2, 0.25) is 0 Å². The molecule has 1 aliphatic heterocycles. The number of imide groups is 1. The highest BCUT2D eigenvalue weighted by atomic mass is 32.1. The second-order valence-corrected chi connectivity index (χ2v) is 7.65. The number of thiophene rings is 1. The molecular formula is C22H16N2O2S. The topological polar surface area (TPSA) is 42.3 Å². The maximum atomic E-state index is 13.1. The number of aryl methyl sites for hydroxylation is 1. The number of hydrogen-bond donors (Lipinski definition) is 0. The number of benzene rings is 2. The van der Waals surface area contributed by atoms with Crippen molar-refractivity contribution in [2.45, 2.75) is 0 Å². The molecule has 27 heavy (non-hydrogen) atoms. The number of carbonyl (C=O) groups is 2. The fourth-order valence-electron chi connectivity index (χ4n) is 3.85. The monoisotopic (exact) mass is 372 g/mol. The van der Waals surface area contributed by atoms with E-state index in [1.54, 1.807) is 18.4 Å². The van der Waals surface area contributed by atoms with Crippen LogP contribution in [0.4, 0.5) is 0 Å². The van der Waals surface area contributed by atoms with Crippen molar-refractivity contribution >= 4 is 55.3 Å². The Hall–Kier alpha value is -3.18. The van der Waals surface area contributed by atoms with Crippen molar-refractivity contribution in [1.82, 2.24) is 9.47 Å². The van der Waals surface area contributed by atoms with Crippen LogP contribution in [0, 0.1) is 0 Å². The molecule has 0 aliphatic carbocycles. The summed E-state index contributed by atoms with van der Waals surface area (Å²) >= 11 is 1.59. The fourth-order valence-corrected chi connectivity index (χ4v) is 4.81. The summed E-state index contributed by atoms with van der Waals surface area (Å²) < 4.78 is 3.10. The lowest BCUT2D eigenvalue weighted by Crippen LogP contribution is -2.26. The SMILES string of the molecule is CN1C(=O)C(c2csc3ccccc23)=C(c2cn(C)c3ccccc23)C1=O. The third kappa shape index (κ3) is 2.15. The Morgan fingerprint density at radius 2 is 1.41 bits per heavy atom. The molecule has 5 heteroatoms. The van der Waals surface area contributed by atoms with Gasteiger partial charge in [0.1, 0.15) is 0 Å². The first-order chi connectivity index (χ1) is 13.1. The standard InChI is InChI=1S/C22H16N2O2S/c1-23-11-15(13-7-3-5-9-17(13)23)19-20(22(26)24(2)21(19)25)16-12-27-18-10-6-4-8-14(16)18/h3-12H,1-2H3. The molecule has 1 aliphatic rings. The van der Waals surface area contributed by atoms with E-state index in [1.165, 1.54) is 4.90 Å². The summed E-state index contributed by atoms with van der Waals surface area (Å²) in [4.78, 5) is 27.3. The molecular weight excluding hydrogens is 356 g/mol. The largest absolute Gasteiger partial charge is 0.350 e. The van der Waals surface area contributed by atoms with E-state index in [1.807, 2.05) is 71.7 Å². The highest BCUT2D eigenvalue weighted by Crippen LogP contribution is 2.42. The zero-order chi connectivity index (χ0) is 18.7. The molecule has 0 spiro atoms. The average molecular weight is 372 g/mol. The molecule has 132 valence electrons. The van der Waals surface area contributed by atoms with Crippen molar-refractivity contribution in [3.05, 3.63) is 71.2 Å². The Bertz CT molecular complexity index is 1290. The minimum atomic E-state index is -0.248. The van der Waals surface area contributed by atoms with Crippen molar-refractivity contribution in [2.75, 3.05) is 7.05 Å². The van der Waals surface area contributed by atoms with Gasteiger partial charge in [0.2, 0.25) is 0 Å². The lowest BCUT2D eigenvalue weighted by atomic mass is 9.95. The molecule has 0 saturated carbocycles. The molecule has 0 saturated heterocycles. The average Bonchev–Trinajstić information content (AvgIpc) is 3.32. The highest BCUT2D eigenvalue weighted by molar-refractivity contribution is 7.17. The van der Waals surface area contributed by atoms with Crippen LogP contribution in [0.5, 0.6) is 0 Å². The summed E-state index contributed by atoms with van der Waals surface area (Å²) in [5.41, 5.74) is 3.66. The maximum absolute atomic E-state index is 13.1. The Morgan fingerprint density at radius 3 is 2.19 bits per heavy atom. The quantitative estimate of drug-likeness (QED) is 0.492. The van der Waals surface area contributed by atoms with Crippen molar-refractivity contribution in [1.29, 1.82) is 0 Å². The van der Waals surface area contributed by atoms with Gasteiger partial charge < -0.3 is 4.57 Å². The lowest BCUT2D eigenvalue weighted by molar-refractivity contribution is -0.134. The molecule has 5 rings (SSSR count). The third-order valence-electron chi connectivity index (χ3n) is 5.20. The molecule has 0 atom stereocenters. The van der Waals surface area contributed by atoms with Crippen LogP contribution in [-0.2, 0) is 16.6 Å². The van der Waals surface area contributed by atoms with Gasteiger partial charge in [0.25, 0.3) is 11.8 Å². The Kier molecular flexibility index (Phi) is 3.36. The zero-order valence-electron chi connectivity index (χ0n) is 14.9. The van der Waals surface area contributed by atoms with Crippen LogP contribution in [0.1, 0.15) is 11.1 Å². The number of para-hydroxylation sites is 1. The van der Waals surface area contributed by atoms with Crippen molar-refractivity contribution in [2.24, 2.45) is 7.05 Å². The molecule has 4 nitrogen and oxygen atoms in total. The van der Waals surface area contributed by atoms with E-state index in [0.717, 1.165) is 32.1 Å². The number of amides is 2. The minimum Gasteiger partial charge on any atom is -0.350 e. The first-order valence-corrected chi connectivity index (χ1v) is 9.53. The molecule has 2 aromatic heterocycles. The van der Waals surface area contributed by atoms with Crippen molar-refractivity contribution in [3.8, 4) is 0 Å². The second kappa shape index (κ2) is 5.66. The second-order valence-electron chi connectivity index (χ2n) is 6.74. The minimum absolute atomic E-state index is 0.244. The number of hydrogen-bond acceptors (Lipinski definition) is 3. The van der Waals surface area contributed by atoms with Gasteiger partial charge in [-0.3, -0.25) is 14.5 Å². The van der Waals surface area contributed by atoms with E-state index in [2.05, 4.69) is 0 Å². The molecule has 0 N–H and O–H groups in total. The van der Waals surface area contributed by atoms with Crippen LogP contribution in [-0.4, -0.2) is 28.3 Å². The Morgan fingerprint density at radius 1 is 0.778 bits per heavy atom. The first kappa shape index (κ1) is 16.0. The van der Waals surface area contributed by atoms with E-state index in [9.17, 15) is 9.59 Å². The lowest BCUT2D eigenvalue weighted by Gasteiger charge is -2.06. The van der Waals surface area contributed by atoms with E-state index < -0.39 is 0 Å². The van der Waals surface area contributed by atoms with Gasteiger partial charge in [-0.25, -0.2) is 0 Å². The molecule has 0 radical (unpaired) electrons. The van der Waals surface area contributed by atoms with Gasteiger partial charge in [-0.15, -0.1) is 11.3 Å². The molecule has 0 bridgehead atoms. The Balaban J connectivity index is 1.88. The molecule has 2 aromatic carbocycles. The van der Waals surface area contributed by atoms with Crippen LogP contribution in [0.25, 0.3) is 32.1 Å². The Labute approximate surface area is 159 Å². The van der Waals surface area contributed by atoms with Crippen molar-refractivity contribution < 1.29 is 9.59 Å². The van der Waals surface area contributed by atoms with E-state index in [0.29, 0.717) is 11.1 Å². The van der Waals surface area contributed by atoms with Gasteiger partial charge >= 0.3 is 0 Å². The summed E-state index contributed by atoms with van der Waals surface area (Å²) in [6.45, 7) is 0. The summed E-state index contributed by atoms with van der Waals surface area (Å²) in [5, 5.41) is 3.96. The normalized spacial score (nSPS) is 15.0. The first-order valence-electron chi connectivity index (χ1n) is 8.65.